The lowest BCUT2D eigenvalue weighted by Gasteiger charge is -2.45. The number of hydrogen-bond donors (Lipinski definition) is 0. The number of piperidine rings is 1. The van der Waals surface area contributed by atoms with Gasteiger partial charge in [0, 0.05) is 24.8 Å². The third kappa shape index (κ3) is 5.18. The molecule has 170 valence electrons. The Morgan fingerprint density at radius 1 is 0.935 bits per heavy atom. The SMILES string of the molecule is Cl.N#CCN1CN(c2ccccc2)C2(CCN(C3CCCCCCCCC3)CC2)C1=O. The van der Waals surface area contributed by atoms with Gasteiger partial charge in [0.1, 0.15) is 12.1 Å². The fraction of sp³-hybridized carbons (Fsp3) is 0.680. The van der Waals surface area contributed by atoms with Gasteiger partial charge in [-0.3, -0.25) is 4.79 Å². The number of rotatable bonds is 3. The summed E-state index contributed by atoms with van der Waals surface area (Å²) < 4.78 is 0. The number of amides is 1. The Hall–Kier alpha value is -1.77. The van der Waals surface area contributed by atoms with Crippen molar-refractivity contribution in [1.29, 1.82) is 5.26 Å². The second-order valence-corrected chi connectivity index (χ2v) is 9.34. The fourth-order valence-electron chi connectivity index (χ4n) is 5.82. The van der Waals surface area contributed by atoms with E-state index >= 15 is 0 Å². The van der Waals surface area contributed by atoms with Gasteiger partial charge in [0.25, 0.3) is 5.91 Å². The molecule has 0 atom stereocenters. The van der Waals surface area contributed by atoms with Crippen molar-refractivity contribution >= 4 is 24.0 Å². The first kappa shape index (κ1) is 23.9. The minimum absolute atomic E-state index is 0. The molecule has 0 aromatic heterocycles. The van der Waals surface area contributed by atoms with Crippen molar-refractivity contribution in [2.75, 3.05) is 31.2 Å². The van der Waals surface area contributed by atoms with Gasteiger partial charge in [0.15, 0.2) is 0 Å². The molecule has 5 nitrogen and oxygen atoms in total. The van der Waals surface area contributed by atoms with Crippen molar-refractivity contribution < 1.29 is 4.79 Å². The van der Waals surface area contributed by atoms with E-state index in [-0.39, 0.29) is 24.9 Å². The highest BCUT2D eigenvalue weighted by molar-refractivity contribution is 5.93. The van der Waals surface area contributed by atoms with E-state index in [2.05, 4.69) is 28.0 Å². The van der Waals surface area contributed by atoms with Gasteiger partial charge in [-0.15, -0.1) is 12.4 Å². The molecule has 1 aromatic carbocycles. The maximum absolute atomic E-state index is 13.4. The van der Waals surface area contributed by atoms with Gasteiger partial charge in [-0.1, -0.05) is 63.1 Å². The van der Waals surface area contributed by atoms with Crippen LogP contribution in [-0.4, -0.2) is 53.6 Å². The molecule has 3 fully saturated rings. The van der Waals surface area contributed by atoms with Crippen molar-refractivity contribution in [2.24, 2.45) is 0 Å². The summed E-state index contributed by atoms with van der Waals surface area (Å²) in [4.78, 5) is 20.1. The molecule has 2 aliphatic heterocycles. The molecule has 1 saturated carbocycles. The second kappa shape index (κ2) is 11.2. The van der Waals surface area contributed by atoms with Crippen LogP contribution in [0.15, 0.2) is 30.3 Å². The number of likely N-dealkylation sites (tertiary alicyclic amines) is 1. The van der Waals surface area contributed by atoms with Crippen LogP contribution in [0.2, 0.25) is 0 Å². The number of halogens is 1. The normalized spacial score (nSPS) is 23.4. The van der Waals surface area contributed by atoms with Crippen LogP contribution in [0.25, 0.3) is 0 Å². The molecule has 4 rings (SSSR count). The Bertz CT molecular complexity index is 732. The minimum Gasteiger partial charge on any atom is -0.339 e. The maximum atomic E-state index is 13.4. The highest BCUT2D eigenvalue weighted by Crippen LogP contribution is 2.40. The zero-order valence-electron chi connectivity index (χ0n) is 18.7. The monoisotopic (exact) mass is 444 g/mol. The summed E-state index contributed by atoms with van der Waals surface area (Å²) in [6.07, 6.45) is 14.0. The van der Waals surface area contributed by atoms with E-state index < -0.39 is 5.54 Å². The first-order chi connectivity index (χ1) is 14.7. The first-order valence-electron chi connectivity index (χ1n) is 12.0. The maximum Gasteiger partial charge on any atom is 0.250 e. The van der Waals surface area contributed by atoms with Gasteiger partial charge in [0.2, 0.25) is 0 Å². The Morgan fingerprint density at radius 3 is 2.10 bits per heavy atom. The van der Waals surface area contributed by atoms with Crippen LogP contribution in [0.3, 0.4) is 0 Å². The van der Waals surface area contributed by atoms with Crippen molar-refractivity contribution in [3.8, 4) is 6.07 Å². The Morgan fingerprint density at radius 2 is 1.52 bits per heavy atom. The number of nitrogens with zero attached hydrogens (tertiary/aromatic N) is 4. The number of hydrogen-bond acceptors (Lipinski definition) is 4. The first-order valence-corrected chi connectivity index (χ1v) is 12.0. The summed E-state index contributed by atoms with van der Waals surface area (Å²) in [6, 6.07) is 13.1. The smallest absolute Gasteiger partial charge is 0.250 e. The summed E-state index contributed by atoms with van der Waals surface area (Å²) in [5.74, 6) is 0.151. The summed E-state index contributed by atoms with van der Waals surface area (Å²) in [5.41, 5.74) is 0.614. The van der Waals surface area contributed by atoms with E-state index in [9.17, 15) is 10.1 Å². The van der Waals surface area contributed by atoms with Crippen LogP contribution in [0.1, 0.15) is 70.6 Å². The van der Waals surface area contributed by atoms with Crippen LogP contribution in [0.4, 0.5) is 5.69 Å². The quantitative estimate of drug-likeness (QED) is 0.618. The number of benzene rings is 1. The fourth-order valence-corrected chi connectivity index (χ4v) is 5.82. The van der Waals surface area contributed by atoms with Gasteiger partial charge in [-0.2, -0.15) is 5.26 Å². The average Bonchev–Trinajstić information content (AvgIpc) is 3.05. The van der Waals surface area contributed by atoms with Crippen LogP contribution >= 0.6 is 12.4 Å². The molecular weight excluding hydrogens is 408 g/mol. The third-order valence-corrected chi connectivity index (χ3v) is 7.56. The summed E-state index contributed by atoms with van der Waals surface area (Å²) in [7, 11) is 0. The number of nitriles is 1. The molecule has 0 bridgehead atoms. The number of carbonyl (C=O) groups is 1. The van der Waals surface area contributed by atoms with Crippen molar-refractivity contribution in [2.45, 2.75) is 82.2 Å². The van der Waals surface area contributed by atoms with Gasteiger partial charge < -0.3 is 14.7 Å². The van der Waals surface area contributed by atoms with Crippen molar-refractivity contribution in [1.82, 2.24) is 9.80 Å². The lowest BCUT2D eigenvalue weighted by atomic mass is 9.84. The highest BCUT2D eigenvalue weighted by Gasteiger charge is 2.53. The second-order valence-electron chi connectivity index (χ2n) is 9.34. The van der Waals surface area contributed by atoms with Crippen molar-refractivity contribution in [3.63, 3.8) is 0 Å². The topological polar surface area (TPSA) is 50.6 Å². The lowest BCUT2D eigenvalue weighted by molar-refractivity contribution is -0.133. The number of para-hydroxylation sites is 1. The van der Waals surface area contributed by atoms with E-state index in [0.29, 0.717) is 12.7 Å². The predicted molar refractivity (Wildman–Crippen MR) is 127 cm³/mol. The molecule has 6 heteroatoms. The summed E-state index contributed by atoms with van der Waals surface area (Å²) in [5, 5.41) is 9.22. The standard InChI is InChI=1S/C25H36N4O.ClH/c26-17-20-28-21-29(23-13-9-6-10-14-23)25(24(28)30)15-18-27(19-16-25)22-11-7-4-2-1-3-5-8-12-22;/h6,9-10,13-14,22H,1-5,7-8,11-12,15-16,18-21H2;1H. The molecule has 1 spiro atoms. The van der Waals surface area contributed by atoms with Gasteiger partial charge in [0.05, 0.1) is 12.7 Å². The molecule has 0 N–H and O–H groups in total. The zero-order chi connectivity index (χ0) is 20.8. The average molecular weight is 445 g/mol. The largest absolute Gasteiger partial charge is 0.339 e. The Balaban J connectivity index is 0.00000272. The molecule has 2 saturated heterocycles. The van der Waals surface area contributed by atoms with E-state index in [4.69, 9.17) is 0 Å². The molecule has 1 amide bonds. The van der Waals surface area contributed by atoms with Crippen LogP contribution < -0.4 is 4.90 Å². The molecule has 1 aliphatic carbocycles. The molecule has 31 heavy (non-hydrogen) atoms. The Kier molecular flexibility index (Phi) is 8.63. The molecule has 2 heterocycles. The van der Waals surface area contributed by atoms with E-state index in [0.717, 1.165) is 31.6 Å². The molecule has 1 aromatic rings. The zero-order valence-corrected chi connectivity index (χ0v) is 19.5. The van der Waals surface area contributed by atoms with E-state index in [1.54, 1.807) is 4.90 Å². The minimum atomic E-state index is -0.481. The van der Waals surface area contributed by atoms with Gasteiger partial charge in [-0.05, 0) is 37.8 Å². The molecular formula is C25H37ClN4O. The summed E-state index contributed by atoms with van der Waals surface area (Å²) in [6.45, 7) is 2.68. The van der Waals surface area contributed by atoms with Gasteiger partial charge in [-0.25, -0.2) is 0 Å². The third-order valence-electron chi connectivity index (χ3n) is 7.56. The number of anilines is 1. The van der Waals surface area contributed by atoms with Gasteiger partial charge >= 0.3 is 0 Å². The summed E-state index contributed by atoms with van der Waals surface area (Å²) >= 11 is 0. The molecule has 0 radical (unpaired) electrons. The molecule has 0 unspecified atom stereocenters. The van der Waals surface area contributed by atoms with E-state index in [1.165, 1.54) is 57.8 Å². The Labute approximate surface area is 193 Å². The van der Waals surface area contributed by atoms with Crippen LogP contribution in [0.5, 0.6) is 0 Å². The van der Waals surface area contributed by atoms with E-state index in [1.807, 2.05) is 18.2 Å². The van der Waals surface area contributed by atoms with Crippen LogP contribution in [-0.2, 0) is 4.79 Å². The van der Waals surface area contributed by atoms with Crippen LogP contribution in [0, 0.1) is 11.3 Å². The van der Waals surface area contributed by atoms with Crippen molar-refractivity contribution in [3.05, 3.63) is 30.3 Å². The molecule has 3 aliphatic rings. The number of carbonyl (C=O) groups excluding carboxylic acids is 1. The highest BCUT2D eigenvalue weighted by atomic mass is 35.5. The predicted octanol–water partition coefficient (Wildman–Crippen LogP) is 4.97. The lowest BCUT2D eigenvalue weighted by Crippen LogP contribution is -2.58.